The molecular formula is C15H15ClN4O. The molecule has 0 bridgehead atoms. The second-order valence-corrected chi connectivity index (χ2v) is 5.09. The number of aryl methyl sites for hydroxylation is 1. The Balaban J connectivity index is 1.83. The van der Waals surface area contributed by atoms with Gasteiger partial charge >= 0.3 is 0 Å². The van der Waals surface area contributed by atoms with Crippen molar-refractivity contribution in [2.75, 3.05) is 0 Å². The van der Waals surface area contributed by atoms with Gasteiger partial charge in [-0.3, -0.25) is 0 Å². The van der Waals surface area contributed by atoms with E-state index >= 15 is 0 Å². The first-order chi connectivity index (χ1) is 10.3. The summed E-state index contributed by atoms with van der Waals surface area (Å²) in [5, 5.41) is 0.115. The van der Waals surface area contributed by atoms with Crippen molar-refractivity contribution in [3.05, 3.63) is 41.4 Å². The summed E-state index contributed by atoms with van der Waals surface area (Å²) < 4.78 is 5.78. The predicted octanol–water partition coefficient (Wildman–Crippen LogP) is 4.14. The van der Waals surface area contributed by atoms with Crippen LogP contribution in [0.25, 0.3) is 11.2 Å². The third-order valence-corrected chi connectivity index (χ3v) is 3.35. The monoisotopic (exact) mass is 302 g/mol. The van der Waals surface area contributed by atoms with Crippen LogP contribution in [0.3, 0.4) is 0 Å². The van der Waals surface area contributed by atoms with Crippen LogP contribution in [0, 0.1) is 0 Å². The standard InChI is InChI=1S/C15H15ClN4O/c1-2-3-4-10-5-7-11(8-6-10)21-14-12-13(18-9-17-12)19-15(16)20-14/h5-9H,2-4H2,1H3,(H,17,18,19,20). The van der Waals surface area contributed by atoms with Crippen molar-refractivity contribution in [2.24, 2.45) is 0 Å². The van der Waals surface area contributed by atoms with E-state index in [4.69, 9.17) is 16.3 Å². The lowest BCUT2D eigenvalue weighted by Gasteiger charge is -2.06. The number of halogens is 1. The molecule has 3 rings (SSSR count). The van der Waals surface area contributed by atoms with Crippen molar-refractivity contribution in [3.8, 4) is 11.6 Å². The van der Waals surface area contributed by atoms with Gasteiger partial charge in [-0.25, -0.2) is 4.98 Å². The zero-order valence-corrected chi connectivity index (χ0v) is 12.4. The van der Waals surface area contributed by atoms with Crippen LogP contribution in [0.15, 0.2) is 30.6 Å². The quantitative estimate of drug-likeness (QED) is 0.719. The molecule has 3 aromatic rings. The minimum atomic E-state index is 0.115. The zero-order chi connectivity index (χ0) is 14.7. The highest BCUT2D eigenvalue weighted by atomic mass is 35.5. The normalized spacial score (nSPS) is 11.0. The maximum Gasteiger partial charge on any atom is 0.250 e. The summed E-state index contributed by atoms with van der Waals surface area (Å²) in [4.78, 5) is 15.1. The van der Waals surface area contributed by atoms with Crippen LogP contribution < -0.4 is 4.74 Å². The van der Waals surface area contributed by atoms with Gasteiger partial charge in [0.15, 0.2) is 5.65 Å². The Morgan fingerprint density at radius 2 is 2.00 bits per heavy atom. The minimum Gasteiger partial charge on any atom is -0.437 e. The first-order valence-electron chi connectivity index (χ1n) is 6.89. The molecule has 0 radical (unpaired) electrons. The highest BCUT2D eigenvalue weighted by Gasteiger charge is 2.11. The third kappa shape index (κ3) is 3.13. The molecule has 0 saturated heterocycles. The summed E-state index contributed by atoms with van der Waals surface area (Å²) in [7, 11) is 0. The van der Waals surface area contributed by atoms with Crippen molar-refractivity contribution in [1.82, 2.24) is 19.9 Å². The summed E-state index contributed by atoms with van der Waals surface area (Å²) in [5.41, 5.74) is 2.43. The number of benzene rings is 1. The van der Waals surface area contributed by atoms with Gasteiger partial charge < -0.3 is 9.72 Å². The molecule has 2 heterocycles. The van der Waals surface area contributed by atoms with E-state index in [1.54, 1.807) is 0 Å². The fourth-order valence-electron chi connectivity index (χ4n) is 2.07. The predicted molar refractivity (Wildman–Crippen MR) is 81.8 cm³/mol. The first kappa shape index (κ1) is 13.8. The maximum absolute atomic E-state index is 5.87. The number of fused-ring (bicyclic) bond motifs is 1. The van der Waals surface area contributed by atoms with Crippen LogP contribution >= 0.6 is 11.6 Å². The number of H-pyrrole nitrogens is 1. The summed E-state index contributed by atoms with van der Waals surface area (Å²) in [6, 6.07) is 8.00. The van der Waals surface area contributed by atoms with Crippen LogP contribution in [-0.4, -0.2) is 19.9 Å². The van der Waals surface area contributed by atoms with Gasteiger partial charge in [0.2, 0.25) is 11.2 Å². The molecule has 2 aromatic heterocycles. The molecule has 1 aromatic carbocycles. The van der Waals surface area contributed by atoms with Crippen LogP contribution in [-0.2, 0) is 6.42 Å². The number of ether oxygens (including phenoxy) is 1. The summed E-state index contributed by atoms with van der Waals surface area (Å²) in [6.07, 6.45) is 5.00. The molecule has 0 unspecified atom stereocenters. The van der Waals surface area contributed by atoms with Crippen LogP contribution in [0.4, 0.5) is 0 Å². The van der Waals surface area contributed by atoms with Gasteiger partial charge in [0.1, 0.15) is 11.3 Å². The van der Waals surface area contributed by atoms with E-state index in [2.05, 4.69) is 39.0 Å². The lowest BCUT2D eigenvalue weighted by atomic mass is 10.1. The SMILES string of the molecule is CCCCc1ccc(Oc2nc(Cl)nc3nc[nH]c23)cc1. The van der Waals surface area contributed by atoms with Crippen LogP contribution in [0.5, 0.6) is 11.6 Å². The van der Waals surface area contributed by atoms with E-state index in [1.165, 1.54) is 24.7 Å². The van der Waals surface area contributed by atoms with Crippen molar-refractivity contribution >= 4 is 22.8 Å². The molecule has 0 aliphatic carbocycles. The van der Waals surface area contributed by atoms with Gasteiger partial charge in [0, 0.05) is 0 Å². The second-order valence-electron chi connectivity index (χ2n) is 4.75. The van der Waals surface area contributed by atoms with Gasteiger partial charge in [-0.2, -0.15) is 9.97 Å². The Hall–Kier alpha value is -2.14. The van der Waals surface area contributed by atoms with Gasteiger partial charge in [0.05, 0.1) is 6.33 Å². The number of aromatic nitrogens is 4. The van der Waals surface area contributed by atoms with E-state index < -0.39 is 0 Å². The first-order valence-corrected chi connectivity index (χ1v) is 7.27. The van der Waals surface area contributed by atoms with Gasteiger partial charge in [-0.15, -0.1) is 0 Å². The van der Waals surface area contributed by atoms with Crippen LogP contribution in [0.2, 0.25) is 5.28 Å². The molecule has 21 heavy (non-hydrogen) atoms. The van der Waals surface area contributed by atoms with Gasteiger partial charge in [-0.05, 0) is 42.1 Å². The average molecular weight is 303 g/mol. The van der Waals surface area contributed by atoms with E-state index in [-0.39, 0.29) is 5.28 Å². The number of nitrogens with zero attached hydrogens (tertiary/aromatic N) is 3. The summed E-state index contributed by atoms with van der Waals surface area (Å²) in [5.74, 6) is 1.09. The van der Waals surface area contributed by atoms with Crippen molar-refractivity contribution in [1.29, 1.82) is 0 Å². The molecule has 0 saturated carbocycles. The van der Waals surface area contributed by atoms with Crippen molar-refractivity contribution < 1.29 is 4.74 Å². The number of nitrogens with one attached hydrogen (secondary N) is 1. The number of unbranched alkanes of at least 4 members (excludes halogenated alkanes) is 1. The van der Waals surface area contributed by atoms with Crippen molar-refractivity contribution in [3.63, 3.8) is 0 Å². The molecule has 108 valence electrons. The number of hydrogen-bond donors (Lipinski definition) is 1. The Morgan fingerprint density at radius 3 is 2.76 bits per heavy atom. The number of hydrogen-bond acceptors (Lipinski definition) is 4. The molecule has 0 atom stereocenters. The molecule has 0 aliphatic rings. The van der Waals surface area contributed by atoms with Gasteiger partial charge in [-0.1, -0.05) is 25.5 Å². The third-order valence-electron chi connectivity index (χ3n) is 3.18. The lowest BCUT2D eigenvalue weighted by molar-refractivity contribution is 0.467. The van der Waals surface area contributed by atoms with Gasteiger partial charge in [0.25, 0.3) is 0 Å². The Bertz CT molecular complexity index is 739. The Labute approximate surface area is 127 Å². The van der Waals surface area contributed by atoms with E-state index in [9.17, 15) is 0 Å². The largest absolute Gasteiger partial charge is 0.437 e. The fraction of sp³-hybridized carbons (Fsp3) is 0.267. The fourth-order valence-corrected chi connectivity index (χ4v) is 2.23. The maximum atomic E-state index is 5.87. The molecule has 0 aliphatic heterocycles. The minimum absolute atomic E-state index is 0.115. The van der Waals surface area contributed by atoms with E-state index in [0.29, 0.717) is 22.8 Å². The molecule has 1 N–H and O–H groups in total. The molecule has 0 fully saturated rings. The highest BCUT2D eigenvalue weighted by molar-refractivity contribution is 6.28. The molecule has 0 spiro atoms. The van der Waals surface area contributed by atoms with Crippen molar-refractivity contribution in [2.45, 2.75) is 26.2 Å². The Kier molecular flexibility index (Phi) is 4.01. The number of rotatable bonds is 5. The molecule has 6 heteroatoms. The Morgan fingerprint density at radius 1 is 1.19 bits per heavy atom. The zero-order valence-electron chi connectivity index (χ0n) is 11.6. The summed E-state index contributed by atoms with van der Waals surface area (Å²) in [6.45, 7) is 2.19. The lowest BCUT2D eigenvalue weighted by Crippen LogP contribution is -1.93. The van der Waals surface area contributed by atoms with Crippen LogP contribution in [0.1, 0.15) is 25.3 Å². The highest BCUT2D eigenvalue weighted by Crippen LogP contribution is 2.26. The average Bonchev–Trinajstić information content (AvgIpc) is 2.95. The molecule has 5 nitrogen and oxygen atoms in total. The molecule has 0 amide bonds. The number of imidazole rings is 1. The smallest absolute Gasteiger partial charge is 0.250 e. The second kappa shape index (κ2) is 6.10. The van der Waals surface area contributed by atoms with E-state index in [1.807, 2.05) is 12.1 Å². The summed E-state index contributed by atoms with van der Waals surface area (Å²) >= 11 is 5.87. The molecular weight excluding hydrogens is 288 g/mol. The van der Waals surface area contributed by atoms with E-state index in [0.717, 1.165) is 6.42 Å². The topological polar surface area (TPSA) is 63.7 Å². The number of aromatic amines is 1.